The Morgan fingerprint density at radius 3 is 2.46 bits per heavy atom. The average Bonchev–Trinajstić information content (AvgIpc) is 2.92. The van der Waals surface area contributed by atoms with Crippen molar-refractivity contribution in [1.82, 2.24) is 0 Å². The SMILES string of the molecule is CC(=O)O[C@@H](CCCO)[C@]1(C)CC[C@@]2(C)CCC(C(C)C)=C2/C1=C/CO. The molecule has 0 bridgehead atoms. The van der Waals surface area contributed by atoms with Gasteiger partial charge in [-0.3, -0.25) is 4.79 Å². The molecule has 0 heterocycles. The summed E-state index contributed by atoms with van der Waals surface area (Å²) in [7, 11) is 0. The molecule has 1 fully saturated rings. The molecule has 1 saturated carbocycles. The van der Waals surface area contributed by atoms with Crippen LogP contribution in [0.1, 0.15) is 73.1 Å². The summed E-state index contributed by atoms with van der Waals surface area (Å²) in [6.45, 7) is 10.5. The molecule has 0 amide bonds. The lowest BCUT2D eigenvalue weighted by Gasteiger charge is -2.49. The van der Waals surface area contributed by atoms with Gasteiger partial charge in [-0.25, -0.2) is 0 Å². The zero-order valence-electron chi connectivity index (χ0n) is 17.1. The number of carbonyl (C=O) groups excluding carboxylic acids is 1. The second kappa shape index (κ2) is 8.26. The summed E-state index contributed by atoms with van der Waals surface area (Å²) in [4.78, 5) is 11.8. The van der Waals surface area contributed by atoms with Crippen LogP contribution in [0.25, 0.3) is 0 Å². The van der Waals surface area contributed by atoms with Gasteiger partial charge in [0.05, 0.1) is 6.61 Å². The van der Waals surface area contributed by atoms with E-state index in [9.17, 15) is 15.0 Å². The zero-order chi connectivity index (χ0) is 19.5. The van der Waals surface area contributed by atoms with E-state index in [-0.39, 0.29) is 36.1 Å². The fraction of sp³-hybridized carbons (Fsp3) is 0.773. The number of hydrogen-bond donors (Lipinski definition) is 2. The van der Waals surface area contributed by atoms with Crippen LogP contribution in [0.3, 0.4) is 0 Å². The maximum atomic E-state index is 11.8. The summed E-state index contributed by atoms with van der Waals surface area (Å²) in [6.07, 6.45) is 7.15. The van der Waals surface area contributed by atoms with Gasteiger partial charge >= 0.3 is 5.97 Å². The van der Waals surface area contributed by atoms with Crippen LogP contribution in [-0.4, -0.2) is 35.5 Å². The first-order valence-corrected chi connectivity index (χ1v) is 10.0. The number of ether oxygens (including phenoxy) is 1. The number of rotatable bonds is 7. The van der Waals surface area contributed by atoms with Gasteiger partial charge < -0.3 is 14.9 Å². The monoisotopic (exact) mass is 364 g/mol. The molecule has 148 valence electrons. The normalized spacial score (nSPS) is 31.5. The van der Waals surface area contributed by atoms with Crippen molar-refractivity contribution < 1.29 is 19.7 Å². The first-order chi connectivity index (χ1) is 12.2. The van der Waals surface area contributed by atoms with Gasteiger partial charge in [0.25, 0.3) is 0 Å². The van der Waals surface area contributed by atoms with Gasteiger partial charge in [0.15, 0.2) is 0 Å². The predicted molar refractivity (Wildman–Crippen MR) is 104 cm³/mol. The summed E-state index contributed by atoms with van der Waals surface area (Å²) in [6, 6.07) is 0. The molecule has 2 rings (SSSR count). The molecule has 0 aromatic heterocycles. The van der Waals surface area contributed by atoms with E-state index in [0.717, 1.165) is 25.7 Å². The van der Waals surface area contributed by atoms with Crippen LogP contribution in [0, 0.1) is 16.7 Å². The van der Waals surface area contributed by atoms with Crippen molar-refractivity contribution in [2.24, 2.45) is 16.7 Å². The Bertz CT molecular complexity index is 589. The zero-order valence-corrected chi connectivity index (χ0v) is 17.1. The Hall–Kier alpha value is -1.13. The van der Waals surface area contributed by atoms with Crippen LogP contribution in [0.4, 0.5) is 0 Å². The molecule has 4 heteroatoms. The van der Waals surface area contributed by atoms with Crippen molar-refractivity contribution in [1.29, 1.82) is 0 Å². The number of aliphatic hydroxyl groups is 2. The predicted octanol–water partition coefficient (Wildman–Crippen LogP) is 4.16. The smallest absolute Gasteiger partial charge is 0.302 e. The Morgan fingerprint density at radius 2 is 1.92 bits per heavy atom. The first-order valence-electron chi connectivity index (χ1n) is 10.0. The molecule has 0 unspecified atom stereocenters. The fourth-order valence-electron chi connectivity index (χ4n) is 5.07. The Labute approximate surface area is 158 Å². The minimum absolute atomic E-state index is 0.0112. The summed E-state index contributed by atoms with van der Waals surface area (Å²) in [5.41, 5.74) is 3.87. The second-order valence-electron chi connectivity index (χ2n) is 8.80. The molecule has 0 radical (unpaired) electrons. The highest BCUT2D eigenvalue weighted by Gasteiger charge is 2.52. The third-order valence-corrected chi connectivity index (χ3v) is 6.59. The molecule has 0 spiro atoms. The molecular formula is C22H36O4. The molecule has 3 atom stereocenters. The number of esters is 1. The van der Waals surface area contributed by atoms with Crippen LogP contribution in [0.2, 0.25) is 0 Å². The molecule has 26 heavy (non-hydrogen) atoms. The maximum absolute atomic E-state index is 11.8. The number of aliphatic hydroxyl groups excluding tert-OH is 2. The summed E-state index contributed by atoms with van der Waals surface area (Å²) in [5.74, 6) is 0.191. The van der Waals surface area contributed by atoms with Crippen molar-refractivity contribution in [2.45, 2.75) is 79.2 Å². The van der Waals surface area contributed by atoms with E-state index in [1.54, 1.807) is 0 Å². The third-order valence-electron chi connectivity index (χ3n) is 6.59. The average molecular weight is 365 g/mol. The largest absolute Gasteiger partial charge is 0.462 e. The number of fused-ring (bicyclic) bond motifs is 1. The van der Waals surface area contributed by atoms with Crippen LogP contribution in [0.15, 0.2) is 22.8 Å². The molecule has 0 aromatic rings. The van der Waals surface area contributed by atoms with Gasteiger partial charge in [-0.2, -0.15) is 0 Å². The molecule has 0 saturated heterocycles. The Kier molecular flexibility index (Phi) is 6.73. The summed E-state index contributed by atoms with van der Waals surface area (Å²) in [5, 5.41) is 19.1. The summed E-state index contributed by atoms with van der Waals surface area (Å²) >= 11 is 0. The van der Waals surface area contributed by atoms with E-state index in [2.05, 4.69) is 27.7 Å². The standard InChI is InChI=1S/C22H36O4/c1-15(2)17-8-10-21(4)11-12-22(5,18(9-14-24)20(17)21)19(7-6-13-23)26-16(3)25/h9,15,19,23-24H,6-8,10-14H2,1-5H3/b18-9-/t19-,21+,22+/m0/s1. The topological polar surface area (TPSA) is 66.8 Å². The fourth-order valence-corrected chi connectivity index (χ4v) is 5.07. The molecule has 2 aliphatic carbocycles. The lowest BCUT2D eigenvalue weighted by molar-refractivity contribution is -0.153. The van der Waals surface area contributed by atoms with Crippen molar-refractivity contribution in [3.63, 3.8) is 0 Å². The maximum Gasteiger partial charge on any atom is 0.302 e. The number of allylic oxidation sites excluding steroid dienone is 2. The van der Waals surface area contributed by atoms with Gasteiger partial charge in [0, 0.05) is 18.9 Å². The highest BCUT2D eigenvalue weighted by atomic mass is 16.5. The van der Waals surface area contributed by atoms with Crippen molar-refractivity contribution in [2.75, 3.05) is 13.2 Å². The van der Waals surface area contributed by atoms with E-state index in [4.69, 9.17) is 4.74 Å². The van der Waals surface area contributed by atoms with Crippen LogP contribution in [0.5, 0.6) is 0 Å². The molecule has 0 aliphatic heterocycles. The molecule has 2 aliphatic rings. The first kappa shape index (κ1) is 21.2. The van der Waals surface area contributed by atoms with Crippen LogP contribution < -0.4 is 0 Å². The molecule has 0 aromatic carbocycles. The van der Waals surface area contributed by atoms with Crippen molar-refractivity contribution in [3.8, 4) is 0 Å². The Morgan fingerprint density at radius 1 is 1.23 bits per heavy atom. The third kappa shape index (κ3) is 3.91. The minimum atomic E-state index is -0.330. The number of carbonyl (C=O) groups is 1. The minimum Gasteiger partial charge on any atom is -0.462 e. The quantitative estimate of drug-likeness (QED) is 0.666. The second-order valence-corrected chi connectivity index (χ2v) is 8.80. The highest BCUT2D eigenvalue weighted by Crippen LogP contribution is 2.61. The van der Waals surface area contributed by atoms with E-state index >= 15 is 0 Å². The van der Waals surface area contributed by atoms with Gasteiger partial charge in [-0.15, -0.1) is 0 Å². The van der Waals surface area contributed by atoms with Crippen molar-refractivity contribution in [3.05, 3.63) is 22.8 Å². The van der Waals surface area contributed by atoms with E-state index in [1.165, 1.54) is 23.6 Å². The van der Waals surface area contributed by atoms with Crippen molar-refractivity contribution >= 4 is 5.97 Å². The van der Waals surface area contributed by atoms with E-state index in [1.807, 2.05) is 6.08 Å². The molecule has 4 nitrogen and oxygen atoms in total. The van der Waals surface area contributed by atoms with E-state index < -0.39 is 0 Å². The van der Waals surface area contributed by atoms with Gasteiger partial charge in [-0.05, 0) is 61.0 Å². The van der Waals surface area contributed by atoms with Crippen LogP contribution >= 0.6 is 0 Å². The van der Waals surface area contributed by atoms with Crippen LogP contribution in [-0.2, 0) is 9.53 Å². The molecule has 2 N–H and O–H groups in total. The lowest BCUT2D eigenvalue weighted by atomic mass is 9.57. The van der Waals surface area contributed by atoms with E-state index in [0.29, 0.717) is 18.8 Å². The van der Waals surface area contributed by atoms with Gasteiger partial charge in [0.1, 0.15) is 6.10 Å². The van der Waals surface area contributed by atoms with Gasteiger partial charge in [-0.1, -0.05) is 39.3 Å². The highest BCUT2D eigenvalue weighted by molar-refractivity contribution is 5.66. The molecular weight excluding hydrogens is 328 g/mol. The van der Waals surface area contributed by atoms with Gasteiger partial charge in [0.2, 0.25) is 0 Å². The number of hydrogen-bond acceptors (Lipinski definition) is 4. The Balaban J connectivity index is 2.54. The lowest BCUT2D eigenvalue weighted by Crippen LogP contribution is -2.44. The summed E-state index contributed by atoms with van der Waals surface area (Å²) < 4.78 is 5.75.